The van der Waals surface area contributed by atoms with Crippen molar-refractivity contribution in [3.8, 4) is 0 Å². The SMILES string of the molecule is NC(=NO)C1CCCC1NC(=O)CC1CCCCC1. The molecule has 4 N–H and O–H groups in total. The molecule has 0 aromatic carbocycles. The van der Waals surface area contributed by atoms with Crippen molar-refractivity contribution in [3.63, 3.8) is 0 Å². The summed E-state index contributed by atoms with van der Waals surface area (Å²) in [6.45, 7) is 0. The second-order valence-electron chi connectivity index (χ2n) is 5.94. The van der Waals surface area contributed by atoms with Gasteiger partial charge in [0.2, 0.25) is 5.91 Å². The largest absolute Gasteiger partial charge is 0.409 e. The second kappa shape index (κ2) is 6.78. The Balaban J connectivity index is 1.80. The first-order valence-corrected chi connectivity index (χ1v) is 7.47. The zero-order valence-electron chi connectivity index (χ0n) is 11.5. The van der Waals surface area contributed by atoms with Crippen LogP contribution in [-0.4, -0.2) is 23.0 Å². The molecule has 108 valence electrons. The number of amidine groups is 1. The Morgan fingerprint density at radius 2 is 1.89 bits per heavy atom. The summed E-state index contributed by atoms with van der Waals surface area (Å²) in [4.78, 5) is 12.1. The van der Waals surface area contributed by atoms with E-state index >= 15 is 0 Å². The summed E-state index contributed by atoms with van der Waals surface area (Å²) in [5.41, 5.74) is 5.68. The number of rotatable bonds is 4. The van der Waals surface area contributed by atoms with Gasteiger partial charge in [-0.3, -0.25) is 4.79 Å². The lowest BCUT2D eigenvalue weighted by atomic mass is 9.86. The molecule has 2 saturated carbocycles. The van der Waals surface area contributed by atoms with E-state index in [9.17, 15) is 4.79 Å². The van der Waals surface area contributed by atoms with Crippen molar-refractivity contribution in [2.45, 2.75) is 63.8 Å². The van der Waals surface area contributed by atoms with Crippen LogP contribution in [0.4, 0.5) is 0 Å². The summed E-state index contributed by atoms with van der Waals surface area (Å²) in [6.07, 6.45) is 9.67. The molecule has 0 spiro atoms. The molecule has 0 aliphatic heterocycles. The number of nitrogens with zero attached hydrogens (tertiary/aromatic N) is 1. The molecular weight excluding hydrogens is 242 g/mol. The Labute approximate surface area is 114 Å². The fraction of sp³-hybridized carbons (Fsp3) is 0.857. The summed E-state index contributed by atoms with van der Waals surface area (Å²) in [7, 11) is 0. The van der Waals surface area contributed by atoms with E-state index in [1.807, 2.05) is 0 Å². The third-order valence-electron chi connectivity index (χ3n) is 4.56. The fourth-order valence-electron chi connectivity index (χ4n) is 3.48. The summed E-state index contributed by atoms with van der Waals surface area (Å²) in [5.74, 6) is 0.938. The second-order valence-corrected chi connectivity index (χ2v) is 5.94. The van der Waals surface area contributed by atoms with E-state index < -0.39 is 0 Å². The maximum absolute atomic E-state index is 12.1. The maximum atomic E-state index is 12.1. The van der Waals surface area contributed by atoms with Gasteiger partial charge in [0.1, 0.15) is 5.84 Å². The minimum absolute atomic E-state index is 0.000283. The lowest BCUT2D eigenvalue weighted by Gasteiger charge is -2.24. The summed E-state index contributed by atoms with van der Waals surface area (Å²) < 4.78 is 0. The Hall–Kier alpha value is -1.26. The molecule has 5 nitrogen and oxygen atoms in total. The van der Waals surface area contributed by atoms with E-state index in [1.54, 1.807) is 0 Å². The molecule has 0 heterocycles. The Morgan fingerprint density at radius 1 is 1.16 bits per heavy atom. The highest BCUT2D eigenvalue weighted by Crippen LogP contribution is 2.28. The quantitative estimate of drug-likeness (QED) is 0.315. The van der Waals surface area contributed by atoms with E-state index in [-0.39, 0.29) is 23.7 Å². The van der Waals surface area contributed by atoms with Gasteiger partial charge in [-0.1, -0.05) is 30.8 Å². The predicted octanol–water partition coefficient (Wildman–Crippen LogP) is 1.99. The Bertz CT molecular complexity index is 338. The van der Waals surface area contributed by atoms with Crippen LogP contribution < -0.4 is 11.1 Å². The first-order chi connectivity index (χ1) is 9.20. The van der Waals surface area contributed by atoms with E-state index in [0.717, 1.165) is 19.3 Å². The van der Waals surface area contributed by atoms with Crippen molar-refractivity contribution in [2.24, 2.45) is 22.7 Å². The number of nitrogens with two attached hydrogens (primary N) is 1. The first kappa shape index (κ1) is 14.2. The molecule has 0 aromatic rings. The zero-order valence-corrected chi connectivity index (χ0v) is 11.5. The first-order valence-electron chi connectivity index (χ1n) is 7.47. The average Bonchev–Trinajstić information content (AvgIpc) is 2.87. The van der Waals surface area contributed by atoms with Crippen LogP contribution in [0.15, 0.2) is 5.16 Å². The normalized spacial score (nSPS) is 29.4. The number of oxime groups is 1. The van der Waals surface area contributed by atoms with Crippen molar-refractivity contribution in [1.29, 1.82) is 0 Å². The number of amides is 1. The third-order valence-corrected chi connectivity index (χ3v) is 4.56. The lowest BCUT2D eigenvalue weighted by molar-refractivity contribution is -0.123. The van der Waals surface area contributed by atoms with Gasteiger partial charge in [0.05, 0.1) is 0 Å². The molecule has 0 radical (unpaired) electrons. The van der Waals surface area contributed by atoms with Crippen LogP contribution in [0.5, 0.6) is 0 Å². The molecule has 2 rings (SSSR count). The standard InChI is InChI=1S/C14H25N3O2/c15-14(17-19)11-7-4-8-12(11)16-13(18)9-10-5-2-1-3-6-10/h10-12,19H,1-9H2,(H2,15,17)(H,16,18). The molecule has 1 amide bonds. The van der Waals surface area contributed by atoms with Crippen molar-refractivity contribution in [2.75, 3.05) is 0 Å². The van der Waals surface area contributed by atoms with E-state index in [0.29, 0.717) is 12.3 Å². The van der Waals surface area contributed by atoms with Crippen LogP contribution in [0.25, 0.3) is 0 Å². The summed E-state index contributed by atoms with van der Waals surface area (Å²) in [6, 6.07) is 0.0481. The highest BCUT2D eigenvalue weighted by molar-refractivity contribution is 5.84. The van der Waals surface area contributed by atoms with Crippen LogP contribution >= 0.6 is 0 Å². The number of hydrogen-bond donors (Lipinski definition) is 3. The number of carbonyl (C=O) groups excluding carboxylic acids is 1. The molecule has 5 heteroatoms. The van der Waals surface area contributed by atoms with Crippen molar-refractivity contribution in [3.05, 3.63) is 0 Å². The summed E-state index contributed by atoms with van der Waals surface area (Å²) >= 11 is 0. The van der Waals surface area contributed by atoms with Crippen LogP contribution in [0, 0.1) is 11.8 Å². The van der Waals surface area contributed by atoms with Gasteiger partial charge < -0.3 is 16.3 Å². The number of hydrogen-bond acceptors (Lipinski definition) is 3. The number of nitrogens with one attached hydrogen (secondary N) is 1. The molecule has 2 unspecified atom stereocenters. The molecular formula is C14H25N3O2. The smallest absolute Gasteiger partial charge is 0.220 e. The highest BCUT2D eigenvalue weighted by Gasteiger charge is 2.32. The minimum Gasteiger partial charge on any atom is -0.409 e. The Kier molecular flexibility index (Phi) is 5.05. The van der Waals surface area contributed by atoms with Gasteiger partial charge in [0.25, 0.3) is 0 Å². The molecule has 2 aliphatic carbocycles. The molecule has 0 aromatic heterocycles. The van der Waals surface area contributed by atoms with Gasteiger partial charge in [-0.2, -0.15) is 0 Å². The van der Waals surface area contributed by atoms with Gasteiger partial charge >= 0.3 is 0 Å². The van der Waals surface area contributed by atoms with Crippen molar-refractivity contribution < 1.29 is 10.0 Å². The molecule has 2 aliphatic rings. The predicted molar refractivity (Wildman–Crippen MR) is 73.9 cm³/mol. The molecule has 0 bridgehead atoms. The molecule has 2 fully saturated rings. The van der Waals surface area contributed by atoms with Crippen LogP contribution in [0.2, 0.25) is 0 Å². The van der Waals surface area contributed by atoms with Gasteiger partial charge in [-0.25, -0.2) is 0 Å². The van der Waals surface area contributed by atoms with Gasteiger partial charge in [-0.15, -0.1) is 0 Å². The van der Waals surface area contributed by atoms with Crippen molar-refractivity contribution in [1.82, 2.24) is 5.32 Å². The topological polar surface area (TPSA) is 87.7 Å². The maximum Gasteiger partial charge on any atom is 0.220 e. The fourth-order valence-corrected chi connectivity index (χ4v) is 3.48. The van der Waals surface area contributed by atoms with Crippen LogP contribution in [-0.2, 0) is 4.79 Å². The molecule has 19 heavy (non-hydrogen) atoms. The monoisotopic (exact) mass is 267 g/mol. The average molecular weight is 267 g/mol. The minimum atomic E-state index is 0.000283. The van der Waals surface area contributed by atoms with E-state index in [1.165, 1.54) is 32.1 Å². The highest BCUT2D eigenvalue weighted by atomic mass is 16.4. The number of carbonyl (C=O) groups is 1. The molecule has 2 atom stereocenters. The van der Waals surface area contributed by atoms with Crippen LogP contribution in [0.3, 0.4) is 0 Å². The van der Waals surface area contributed by atoms with Crippen LogP contribution in [0.1, 0.15) is 57.8 Å². The lowest BCUT2D eigenvalue weighted by Crippen LogP contribution is -2.43. The molecule has 0 saturated heterocycles. The van der Waals surface area contributed by atoms with Gasteiger partial charge in [0.15, 0.2) is 0 Å². The van der Waals surface area contributed by atoms with Crippen molar-refractivity contribution >= 4 is 11.7 Å². The Morgan fingerprint density at radius 3 is 2.58 bits per heavy atom. The van der Waals surface area contributed by atoms with E-state index in [2.05, 4.69) is 10.5 Å². The summed E-state index contributed by atoms with van der Waals surface area (Å²) in [5, 5.41) is 14.9. The van der Waals surface area contributed by atoms with Gasteiger partial charge in [-0.05, 0) is 31.6 Å². The zero-order chi connectivity index (χ0) is 13.7. The van der Waals surface area contributed by atoms with E-state index in [4.69, 9.17) is 10.9 Å². The van der Waals surface area contributed by atoms with Gasteiger partial charge in [0, 0.05) is 18.4 Å². The third kappa shape index (κ3) is 3.85.